The number of hydrogen-bond donors (Lipinski definition) is 0. The Hall–Kier alpha value is -1.42. The summed E-state index contributed by atoms with van der Waals surface area (Å²) in [7, 11) is 3.25. The molecular formula is C15H20ClNO3. The standard InChI is InChI=1S/C15H20ClNO3/c1-10(8-16)15(18)17-5-4-11-6-13(19-2)14(20-3)7-12(11)9-17/h6-7,10H,4-5,8-9H2,1-3H3. The molecule has 0 aliphatic carbocycles. The van der Waals surface area contributed by atoms with Crippen molar-refractivity contribution in [2.24, 2.45) is 5.92 Å². The van der Waals surface area contributed by atoms with Crippen molar-refractivity contribution in [3.8, 4) is 11.5 Å². The van der Waals surface area contributed by atoms with Crippen molar-refractivity contribution < 1.29 is 14.3 Å². The van der Waals surface area contributed by atoms with Gasteiger partial charge >= 0.3 is 0 Å². The lowest BCUT2D eigenvalue weighted by Crippen LogP contribution is -2.39. The van der Waals surface area contributed by atoms with Gasteiger partial charge in [-0.1, -0.05) is 6.92 Å². The first-order chi connectivity index (χ1) is 9.60. The second-order valence-corrected chi connectivity index (χ2v) is 5.35. The number of methoxy groups -OCH3 is 2. The molecule has 0 bridgehead atoms. The molecule has 0 saturated heterocycles. The van der Waals surface area contributed by atoms with Crippen molar-refractivity contribution in [2.45, 2.75) is 19.9 Å². The molecule has 0 spiro atoms. The van der Waals surface area contributed by atoms with Crippen LogP contribution >= 0.6 is 11.6 Å². The molecule has 1 amide bonds. The molecule has 1 atom stereocenters. The number of nitrogens with zero attached hydrogens (tertiary/aromatic N) is 1. The number of halogens is 1. The Morgan fingerprint density at radius 2 is 1.90 bits per heavy atom. The second-order valence-electron chi connectivity index (χ2n) is 5.04. The van der Waals surface area contributed by atoms with Crippen molar-refractivity contribution in [1.29, 1.82) is 0 Å². The van der Waals surface area contributed by atoms with Crippen LogP contribution in [0.4, 0.5) is 0 Å². The van der Waals surface area contributed by atoms with E-state index in [1.165, 1.54) is 5.56 Å². The molecule has 110 valence electrons. The summed E-state index contributed by atoms with van der Waals surface area (Å²) in [4.78, 5) is 14.1. The van der Waals surface area contributed by atoms with Gasteiger partial charge in [-0.25, -0.2) is 0 Å². The fraction of sp³-hybridized carbons (Fsp3) is 0.533. The zero-order chi connectivity index (χ0) is 14.7. The van der Waals surface area contributed by atoms with E-state index in [9.17, 15) is 4.79 Å². The first-order valence-corrected chi connectivity index (χ1v) is 7.22. The van der Waals surface area contributed by atoms with Crippen LogP contribution < -0.4 is 9.47 Å². The zero-order valence-corrected chi connectivity index (χ0v) is 12.9. The average molecular weight is 298 g/mol. The van der Waals surface area contributed by atoms with Crippen LogP contribution in [0.2, 0.25) is 0 Å². The van der Waals surface area contributed by atoms with Gasteiger partial charge in [0.1, 0.15) is 0 Å². The number of hydrogen-bond acceptors (Lipinski definition) is 3. The molecule has 1 aromatic rings. The number of rotatable bonds is 4. The monoisotopic (exact) mass is 297 g/mol. The largest absolute Gasteiger partial charge is 0.493 e. The quantitative estimate of drug-likeness (QED) is 0.802. The molecule has 5 heteroatoms. The molecule has 0 aromatic heterocycles. The maximum absolute atomic E-state index is 12.2. The average Bonchev–Trinajstić information content (AvgIpc) is 2.51. The minimum absolute atomic E-state index is 0.112. The Labute approximate surface area is 124 Å². The molecule has 4 nitrogen and oxygen atoms in total. The first-order valence-electron chi connectivity index (χ1n) is 6.69. The second kappa shape index (κ2) is 6.35. The highest BCUT2D eigenvalue weighted by molar-refractivity contribution is 6.19. The van der Waals surface area contributed by atoms with E-state index in [2.05, 4.69) is 0 Å². The molecule has 0 N–H and O–H groups in total. The van der Waals surface area contributed by atoms with Gasteiger partial charge in [-0.15, -0.1) is 11.6 Å². The summed E-state index contributed by atoms with van der Waals surface area (Å²) >= 11 is 5.77. The zero-order valence-electron chi connectivity index (χ0n) is 12.1. The van der Waals surface area contributed by atoms with Crippen LogP contribution in [0, 0.1) is 5.92 Å². The van der Waals surface area contributed by atoms with E-state index in [1.54, 1.807) is 14.2 Å². The minimum atomic E-state index is -0.140. The van der Waals surface area contributed by atoms with Crippen LogP contribution in [-0.2, 0) is 17.8 Å². The predicted octanol–water partition coefficient (Wildman–Crippen LogP) is 2.46. The molecule has 1 unspecified atom stereocenters. The fourth-order valence-corrected chi connectivity index (χ4v) is 2.58. The smallest absolute Gasteiger partial charge is 0.226 e. The summed E-state index contributed by atoms with van der Waals surface area (Å²) in [6.07, 6.45) is 0.830. The molecule has 0 fully saturated rings. The number of alkyl halides is 1. The van der Waals surface area contributed by atoms with Crippen molar-refractivity contribution >= 4 is 17.5 Å². The van der Waals surface area contributed by atoms with Gasteiger partial charge in [0, 0.05) is 24.9 Å². The van der Waals surface area contributed by atoms with Gasteiger partial charge in [0.25, 0.3) is 0 Å². The highest BCUT2D eigenvalue weighted by atomic mass is 35.5. The van der Waals surface area contributed by atoms with Gasteiger partial charge in [0.05, 0.1) is 14.2 Å². The van der Waals surface area contributed by atoms with E-state index in [0.717, 1.165) is 24.3 Å². The maximum Gasteiger partial charge on any atom is 0.226 e. The van der Waals surface area contributed by atoms with E-state index in [4.69, 9.17) is 21.1 Å². The molecule has 1 aliphatic rings. The van der Waals surface area contributed by atoms with Crippen molar-refractivity contribution in [3.63, 3.8) is 0 Å². The Balaban J connectivity index is 2.23. The van der Waals surface area contributed by atoms with Crippen molar-refractivity contribution in [3.05, 3.63) is 23.3 Å². The summed E-state index contributed by atoms with van der Waals surface area (Å²) in [5, 5.41) is 0. The van der Waals surface area contributed by atoms with Gasteiger partial charge in [0.15, 0.2) is 11.5 Å². The van der Waals surface area contributed by atoms with Crippen LogP contribution in [0.15, 0.2) is 12.1 Å². The molecule has 20 heavy (non-hydrogen) atoms. The van der Waals surface area contributed by atoms with Crippen molar-refractivity contribution in [2.75, 3.05) is 26.6 Å². The van der Waals surface area contributed by atoms with E-state index in [0.29, 0.717) is 18.2 Å². The summed E-state index contributed by atoms with van der Waals surface area (Å²) < 4.78 is 10.6. The molecule has 1 heterocycles. The van der Waals surface area contributed by atoms with Gasteiger partial charge in [0.2, 0.25) is 5.91 Å². The number of carbonyl (C=O) groups excluding carboxylic acids is 1. The molecule has 0 saturated carbocycles. The topological polar surface area (TPSA) is 38.8 Å². The van der Waals surface area contributed by atoms with Gasteiger partial charge < -0.3 is 14.4 Å². The van der Waals surface area contributed by atoms with Gasteiger partial charge in [-0.3, -0.25) is 4.79 Å². The summed E-state index contributed by atoms with van der Waals surface area (Å²) in [6, 6.07) is 3.96. The SMILES string of the molecule is COc1cc2c(cc1OC)CN(C(=O)C(C)CCl)CC2. The van der Waals surface area contributed by atoms with E-state index in [1.807, 2.05) is 24.0 Å². The lowest BCUT2D eigenvalue weighted by molar-refractivity contribution is -0.135. The molecule has 1 aromatic carbocycles. The Morgan fingerprint density at radius 3 is 2.45 bits per heavy atom. The molecule has 1 aliphatic heterocycles. The van der Waals surface area contributed by atoms with Crippen LogP contribution in [0.25, 0.3) is 0 Å². The highest BCUT2D eigenvalue weighted by Gasteiger charge is 2.25. The van der Waals surface area contributed by atoms with E-state index < -0.39 is 0 Å². The van der Waals surface area contributed by atoms with Crippen LogP contribution in [0.5, 0.6) is 11.5 Å². The lowest BCUT2D eigenvalue weighted by atomic mass is 9.98. The normalized spacial score (nSPS) is 15.5. The first kappa shape index (κ1) is 15.0. The Kier molecular flexibility index (Phi) is 4.76. The predicted molar refractivity (Wildman–Crippen MR) is 78.6 cm³/mol. The van der Waals surface area contributed by atoms with Gasteiger partial charge in [-0.2, -0.15) is 0 Å². The lowest BCUT2D eigenvalue weighted by Gasteiger charge is -2.31. The molecular weight excluding hydrogens is 278 g/mol. The Bertz CT molecular complexity index is 504. The number of ether oxygens (including phenoxy) is 2. The fourth-order valence-electron chi connectivity index (χ4n) is 2.45. The molecule has 0 radical (unpaired) electrons. The molecule has 2 rings (SSSR count). The summed E-state index contributed by atoms with van der Waals surface area (Å²) in [6.45, 7) is 3.19. The Morgan fingerprint density at radius 1 is 1.30 bits per heavy atom. The maximum atomic E-state index is 12.2. The number of fused-ring (bicyclic) bond motifs is 1. The number of carbonyl (C=O) groups is 1. The highest BCUT2D eigenvalue weighted by Crippen LogP contribution is 2.33. The van der Waals surface area contributed by atoms with E-state index >= 15 is 0 Å². The van der Waals surface area contributed by atoms with Crippen molar-refractivity contribution in [1.82, 2.24) is 4.90 Å². The summed E-state index contributed by atoms with van der Waals surface area (Å²) in [5.41, 5.74) is 2.33. The summed E-state index contributed by atoms with van der Waals surface area (Å²) in [5.74, 6) is 1.76. The van der Waals surface area contributed by atoms with Crippen LogP contribution in [0.1, 0.15) is 18.1 Å². The van der Waals surface area contributed by atoms with Crippen LogP contribution in [0.3, 0.4) is 0 Å². The van der Waals surface area contributed by atoms with E-state index in [-0.39, 0.29) is 11.8 Å². The third-order valence-electron chi connectivity index (χ3n) is 3.68. The third kappa shape index (κ3) is 2.85. The minimum Gasteiger partial charge on any atom is -0.493 e. The number of amides is 1. The third-order valence-corrected chi connectivity index (χ3v) is 4.15. The van der Waals surface area contributed by atoms with Crippen LogP contribution in [-0.4, -0.2) is 37.5 Å². The number of benzene rings is 1. The van der Waals surface area contributed by atoms with Gasteiger partial charge in [-0.05, 0) is 29.7 Å².